The molecule has 0 saturated carbocycles. The summed E-state index contributed by atoms with van der Waals surface area (Å²) in [5.74, 6) is -0.435. The number of nitrogens with zero attached hydrogens (tertiary/aromatic N) is 1. The van der Waals surface area contributed by atoms with Gasteiger partial charge in [-0.15, -0.1) is 0 Å². The second kappa shape index (κ2) is 9.94. The van der Waals surface area contributed by atoms with Crippen molar-refractivity contribution in [2.24, 2.45) is 0 Å². The molecule has 0 aliphatic rings. The summed E-state index contributed by atoms with van der Waals surface area (Å²) in [7, 11) is -4.04. The van der Waals surface area contributed by atoms with Crippen molar-refractivity contribution in [3.63, 3.8) is 0 Å². The molecule has 3 aromatic rings. The van der Waals surface area contributed by atoms with Gasteiger partial charge in [0.1, 0.15) is 6.54 Å². The van der Waals surface area contributed by atoms with E-state index < -0.39 is 22.5 Å². The lowest BCUT2D eigenvalue weighted by atomic mass is 10.0. The highest BCUT2D eigenvalue weighted by Crippen LogP contribution is 2.27. The predicted octanol–water partition coefficient (Wildman–Crippen LogP) is 5.68. The molecule has 0 fully saturated rings. The number of hydrogen-bond donors (Lipinski definition) is 1. The zero-order chi connectivity index (χ0) is 23.5. The molecule has 0 unspecified atom stereocenters. The quantitative estimate of drug-likeness (QED) is 0.462. The van der Waals surface area contributed by atoms with E-state index in [1.54, 1.807) is 18.2 Å². The third-order valence-corrected chi connectivity index (χ3v) is 7.33. The average molecular weight is 491 g/mol. The molecular weight excluding hydrogens is 467 g/mol. The van der Waals surface area contributed by atoms with Gasteiger partial charge >= 0.3 is 0 Å². The Bertz CT molecular complexity index is 1230. The summed E-state index contributed by atoms with van der Waals surface area (Å²) >= 11 is 12.0. The van der Waals surface area contributed by atoms with Crippen LogP contribution in [0.1, 0.15) is 29.7 Å². The molecule has 0 aromatic heterocycles. The van der Waals surface area contributed by atoms with Gasteiger partial charge in [0.25, 0.3) is 10.0 Å². The van der Waals surface area contributed by atoms with E-state index in [2.05, 4.69) is 5.32 Å². The van der Waals surface area contributed by atoms with Crippen LogP contribution in [0.3, 0.4) is 0 Å². The Morgan fingerprint density at radius 1 is 0.969 bits per heavy atom. The van der Waals surface area contributed by atoms with Crippen molar-refractivity contribution in [2.45, 2.75) is 31.7 Å². The van der Waals surface area contributed by atoms with Gasteiger partial charge in [0.05, 0.1) is 16.6 Å². The molecule has 3 aromatic carbocycles. The molecule has 168 valence electrons. The minimum absolute atomic E-state index is 0.0251. The maximum atomic E-state index is 13.4. The van der Waals surface area contributed by atoms with Gasteiger partial charge in [-0.2, -0.15) is 0 Å². The smallest absolute Gasteiger partial charge is 0.264 e. The van der Waals surface area contributed by atoms with Crippen LogP contribution in [-0.2, 0) is 14.8 Å². The zero-order valence-electron chi connectivity index (χ0n) is 18.0. The van der Waals surface area contributed by atoms with E-state index in [-0.39, 0.29) is 10.9 Å². The Morgan fingerprint density at radius 2 is 1.66 bits per heavy atom. The van der Waals surface area contributed by atoms with Gasteiger partial charge in [-0.05, 0) is 74.4 Å². The number of benzene rings is 3. The molecule has 0 aliphatic heterocycles. The number of sulfonamides is 1. The summed E-state index contributed by atoms with van der Waals surface area (Å²) in [6.45, 7) is 5.45. The first-order valence-electron chi connectivity index (χ1n) is 9.98. The highest BCUT2D eigenvalue weighted by Gasteiger charge is 2.28. The average Bonchev–Trinajstić information content (AvgIpc) is 2.72. The van der Waals surface area contributed by atoms with Crippen LogP contribution in [0.25, 0.3) is 0 Å². The van der Waals surface area contributed by atoms with Crippen molar-refractivity contribution < 1.29 is 13.2 Å². The monoisotopic (exact) mass is 490 g/mol. The Hall–Kier alpha value is -2.54. The van der Waals surface area contributed by atoms with Crippen molar-refractivity contribution >= 4 is 44.8 Å². The van der Waals surface area contributed by atoms with Crippen LogP contribution >= 0.6 is 23.2 Å². The lowest BCUT2D eigenvalue weighted by Gasteiger charge is -2.25. The highest BCUT2D eigenvalue weighted by molar-refractivity contribution is 7.92. The van der Waals surface area contributed by atoms with Gasteiger partial charge in [-0.1, -0.05) is 53.0 Å². The molecule has 5 nitrogen and oxygen atoms in total. The maximum Gasteiger partial charge on any atom is 0.264 e. The van der Waals surface area contributed by atoms with E-state index in [9.17, 15) is 13.2 Å². The standard InChI is InChI=1S/C24H24Cl2N2O3S/c1-16-7-12-23(17(2)13-16)18(3)27-24(29)15-28(21-6-4-5-20(26)14-21)32(30,31)22-10-8-19(25)9-11-22/h4-14,18H,15H2,1-3H3,(H,27,29)/t18-/m1/s1. The van der Waals surface area contributed by atoms with Crippen molar-refractivity contribution in [3.05, 3.63) is 93.5 Å². The van der Waals surface area contributed by atoms with Gasteiger partial charge in [0, 0.05) is 10.0 Å². The Kier molecular flexibility index (Phi) is 7.49. The molecule has 0 heterocycles. The number of carbonyl (C=O) groups excluding carboxylic acids is 1. The van der Waals surface area contributed by atoms with Crippen LogP contribution in [0.15, 0.2) is 71.6 Å². The van der Waals surface area contributed by atoms with Crippen LogP contribution in [0.2, 0.25) is 10.0 Å². The largest absolute Gasteiger partial charge is 0.348 e. The molecule has 1 amide bonds. The van der Waals surface area contributed by atoms with Gasteiger partial charge in [-0.3, -0.25) is 9.10 Å². The Labute approximate surface area is 199 Å². The number of halogens is 2. The fraction of sp³-hybridized carbons (Fsp3) is 0.208. The summed E-state index contributed by atoms with van der Waals surface area (Å²) in [5.41, 5.74) is 3.45. The van der Waals surface area contributed by atoms with E-state index in [1.807, 2.05) is 39.0 Å². The van der Waals surface area contributed by atoms with Crippen LogP contribution in [0.5, 0.6) is 0 Å². The molecule has 0 saturated heterocycles. The van der Waals surface area contributed by atoms with Gasteiger partial charge < -0.3 is 5.32 Å². The molecular formula is C24H24Cl2N2O3S. The zero-order valence-corrected chi connectivity index (χ0v) is 20.3. The minimum atomic E-state index is -4.04. The van der Waals surface area contributed by atoms with Gasteiger partial charge in [0.2, 0.25) is 5.91 Å². The molecule has 8 heteroatoms. The summed E-state index contributed by atoms with van der Waals surface area (Å²) in [5, 5.41) is 3.68. The summed E-state index contributed by atoms with van der Waals surface area (Å²) in [4.78, 5) is 13.0. The molecule has 0 aliphatic carbocycles. The third kappa shape index (κ3) is 5.63. The van der Waals surface area contributed by atoms with Crippen LogP contribution in [-0.4, -0.2) is 20.9 Å². The van der Waals surface area contributed by atoms with E-state index >= 15 is 0 Å². The topological polar surface area (TPSA) is 66.5 Å². The van der Waals surface area contributed by atoms with Crippen molar-refractivity contribution in [3.8, 4) is 0 Å². The number of hydrogen-bond acceptors (Lipinski definition) is 3. The van der Waals surface area contributed by atoms with Crippen molar-refractivity contribution in [2.75, 3.05) is 10.8 Å². The van der Waals surface area contributed by atoms with E-state index in [4.69, 9.17) is 23.2 Å². The third-order valence-electron chi connectivity index (χ3n) is 5.05. The summed E-state index contributed by atoms with van der Waals surface area (Å²) in [6, 6.07) is 17.9. The van der Waals surface area contributed by atoms with Gasteiger partial charge in [-0.25, -0.2) is 8.42 Å². The molecule has 0 bridgehead atoms. The maximum absolute atomic E-state index is 13.4. The first kappa shape index (κ1) is 24.1. The van der Waals surface area contributed by atoms with Gasteiger partial charge in [0.15, 0.2) is 0 Å². The van der Waals surface area contributed by atoms with Crippen molar-refractivity contribution in [1.29, 1.82) is 0 Å². The fourth-order valence-corrected chi connectivity index (χ4v) is 5.21. The minimum Gasteiger partial charge on any atom is -0.348 e. The first-order chi connectivity index (χ1) is 15.1. The number of rotatable bonds is 7. The number of nitrogens with one attached hydrogen (secondary N) is 1. The lowest BCUT2D eigenvalue weighted by molar-refractivity contribution is -0.120. The van der Waals surface area contributed by atoms with Crippen LogP contribution in [0.4, 0.5) is 5.69 Å². The first-order valence-corrected chi connectivity index (χ1v) is 12.2. The van der Waals surface area contributed by atoms with E-state index in [1.165, 1.54) is 30.3 Å². The van der Waals surface area contributed by atoms with Crippen LogP contribution in [0, 0.1) is 13.8 Å². The fourth-order valence-electron chi connectivity index (χ4n) is 3.49. The molecule has 3 rings (SSSR count). The number of carbonyl (C=O) groups is 1. The summed E-state index contributed by atoms with van der Waals surface area (Å²) in [6.07, 6.45) is 0. The molecule has 0 spiro atoms. The lowest BCUT2D eigenvalue weighted by Crippen LogP contribution is -2.41. The normalized spacial score (nSPS) is 12.3. The molecule has 1 atom stereocenters. The van der Waals surface area contributed by atoms with E-state index in [0.717, 1.165) is 21.0 Å². The molecule has 32 heavy (non-hydrogen) atoms. The SMILES string of the molecule is Cc1ccc([C@@H](C)NC(=O)CN(c2cccc(Cl)c2)S(=O)(=O)c2ccc(Cl)cc2)c(C)c1. The Balaban J connectivity index is 1.90. The second-order valence-electron chi connectivity index (χ2n) is 7.59. The Morgan fingerprint density at radius 3 is 2.28 bits per heavy atom. The molecule has 0 radical (unpaired) electrons. The van der Waals surface area contributed by atoms with Crippen LogP contribution < -0.4 is 9.62 Å². The predicted molar refractivity (Wildman–Crippen MR) is 130 cm³/mol. The molecule has 1 N–H and O–H groups in total. The van der Waals surface area contributed by atoms with E-state index in [0.29, 0.717) is 15.7 Å². The highest BCUT2D eigenvalue weighted by atomic mass is 35.5. The number of aryl methyl sites for hydroxylation is 2. The van der Waals surface area contributed by atoms with Crippen molar-refractivity contribution in [1.82, 2.24) is 5.32 Å². The second-order valence-corrected chi connectivity index (χ2v) is 10.3. The number of amides is 1. The summed E-state index contributed by atoms with van der Waals surface area (Å²) < 4.78 is 27.8. The number of anilines is 1.